The zero-order chi connectivity index (χ0) is 15.2. The maximum absolute atomic E-state index is 11.7. The minimum Gasteiger partial charge on any atom is -0.355 e. The predicted molar refractivity (Wildman–Crippen MR) is 85.0 cm³/mol. The third-order valence-corrected chi connectivity index (χ3v) is 3.93. The zero-order valence-corrected chi connectivity index (χ0v) is 13.4. The van der Waals surface area contributed by atoms with E-state index >= 15 is 0 Å². The van der Waals surface area contributed by atoms with Crippen LogP contribution < -0.4 is 5.32 Å². The molecule has 6 heteroatoms. The van der Waals surface area contributed by atoms with Crippen molar-refractivity contribution in [2.24, 2.45) is 13.0 Å². The summed E-state index contributed by atoms with van der Waals surface area (Å²) in [7, 11) is 1.91. The summed E-state index contributed by atoms with van der Waals surface area (Å²) in [5.41, 5.74) is 1.02. The van der Waals surface area contributed by atoms with Crippen LogP contribution in [-0.2, 0) is 11.8 Å². The highest BCUT2D eigenvalue weighted by molar-refractivity contribution is 7.99. The summed E-state index contributed by atoms with van der Waals surface area (Å²) in [6, 6.07) is 9.89. The first-order valence-corrected chi connectivity index (χ1v) is 7.90. The maximum Gasteiger partial charge on any atom is 0.230 e. The van der Waals surface area contributed by atoms with Crippen LogP contribution in [0, 0.1) is 5.92 Å². The lowest BCUT2D eigenvalue weighted by Crippen LogP contribution is -2.28. The number of nitrogens with zero attached hydrogens (tertiary/aromatic N) is 3. The van der Waals surface area contributed by atoms with Crippen LogP contribution in [0.1, 0.15) is 13.8 Å². The molecule has 0 aliphatic rings. The van der Waals surface area contributed by atoms with E-state index in [2.05, 4.69) is 29.4 Å². The quantitative estimate of drug-likeness (QED) is 0.832. The van der Waals surface area contributed by atoms with Gasteiger partial charge in [-0.25, -0.2) is 0 Å². The summed E-state index contributed by atoms with van der Waals surface area (Å²) in [5, 5.41) is 12.0. The van der Waals surface area contributed by atoms with Crippen LogP contribution in [0.15, 0.2) is 35.5 Å². The van der Waals surface area contributed by atoms with Gasteiger partial charge in [0.15, 0.2) is 11.0 Å². The van der Waals surface area contributed by atoms with Gasteiger partial charge in [0.25, 0.3) is 0 Å². The van der Waals surface area contributed by atoms with Crippen molar-refractivity contribution in [3.63, 3.8) is 0 Å². The number of benzene rings is 1. The van der Waals surface area contributed by atoms with Gasteiger partial charge in [-0.1, -0.05) is 55.9 Å². The van der Waals surface area contributed by atoms with Crippen LogP contribution in [-0.4, -0.2) is 33.0 Å². The van der Waals surface area contributed by atoms with Crippen molar-refractivity contribution >= 4 is 17.7 Å². The molecule has 0 fully saturated rings. The molecule has 1 aromatic heterocycles. The Morgan fingerprint density at radius 1 is 1.29 bits per heavy atom. The number of aromatic nitrogens is 3. The second-order valence-corrected chi connectivity index (χ2v) is 6.16. The fourth-order valence-electron chi connectivity index (χ4n) is 1.78. The minimum atomic E-state index is 0.0259. The second kappa shape index (κ2) is 7.26. The van der Waals surface area contributed by atoms with Gasteiger partial charge in [-0.2, -0.15) is 0 Å². The third-order valence-electron chi connectivity index (χ3n) is 2.91. The Morgan fingerprint density at radius 3 is 2.67 bits per heavy atom. The molecule has 0 bridgehead atoms. The molecular weight excluding hydrogens is 284 g/mol. The Balaban J connectivity index is 1.97. The van der Waals surface area contributed by atoms with Gasteiger partial charge in [-0.05, 0) is 5.92 Å². The number of carbonyl (C=O) groups is 1. The number of nitrogens with one attached hydrogen (secondary N) is 1. The molecule has 0 radical (unpaired) electrons. The van der Waals surface area contributed by atoms with Crippen LogP contribution in [0.25, 0.3) is 11.4 Å². The molecule has 1 aromatic carbocycles. The lowest BCUT2D eigenvalue weighted by Gasteiger charge is -2.07. The molecule has 0 saturated heterocycles. The van der Waals surface area contributed by atoms with E-state index in [0.29, 0.717) is 18.2 Å². The molecule has 0 spiro atoms. The summed E-state index contributed by atoms with van der Waals surface area (Å²) >= 11 is 1.40. The first kappa shape index (κ1) is 15.6. The zero-order valence-electron chi connectivity index (χ0n) is 12.5. The first-order chi connectivity index (χ1) is 10.1. The SMILES string of the molecule is CC(C)CNC(=O)CSc1nnc(-c2ccccc2)n1C. The average Bonchev–Trinajstić information content (AvgIpc) is 2.85. The van der Waals surface area contributed by atoms with Gasteiger partial charge in [-0.15, -0.1) is 10.2 Å². The highest BCUT2D eigenvalue weighted by Gasteiger charge is 2.12. The standard InChI is InChI=1S/C15H20N4OS/c1-11(2)9-16-13(20)10-21-15-18-17-14(19(15)3)12-7-5-4-6-8-12/h4-8,11H,9-10H2,1-3H3,(H,16,20). The molecule has 0 aliphatic carbocycles. The Morgan fingerprint density at radius 2 is 2.00 bits per heavy atom. The Labute approximate surface area is 129 Å². The first-order valence-electron chi connectivity index (χ1n) is 6.92. The molecule has 2 aromatic rings. The summed E-state index contributed by atoms with van der Waals surface area (Å²) < 4.78 is 1.91. The Bertz CT molecular complexity index is 595. The van der Waals surface area contributed by atoms with Crippen LogP contribution in [0.2, 0.25) is 0 Å². The molecule has 1 amide bonds. The van der Waals surface area contributed by atoms with E-state index in [4.69, 9.17) is 0 Å². The van der Waals surface area contributed by atoms with Gasteiger partial charge >= 0.3 is 0 Å². The number of amides is 1. The van der Waals surface area contributed by atoms with Crippen LogP contribution >= 0.6 is 11.8 Å². The molecule has 0 aliphatic heterocycles. The summed E-state index contributed by atoms with van der Waals surface area (Å²) in [5.74, 6) is 1.64. The predicted octanol–water partition coefficient (Wildman–Crippen LogP) is 2.35. The topological polar surface area (TPSA) is 59.8 Å². The number of hydrogen-bond acceptors (Lipinski definition) is 4. The molecule has 21 heavy (non-hydrogen) atoms. The number of thioether (sulfide) groups is 1. The minimum absolute atomic E-state index is 0.0259. The fourth-order valence-corrected chi connectivity index (χ4v) is 2.52. The molecule has 5 nitrogen and oxygen atoms in total. The molecule has 0 saturated carbocycles. The highest BCUT2D eigenvalue weighted by Crippen LogP contribution is 2.22. The third kappa shape index (κ3) is 4.32. The molecule has 1 heterocycles. The van der Waals surface area contributed by atoms with Gasteiger partial charge in [-0.3, -0.25) is 4.79 Å². The van der Waals surface area contributed by atoms with E-state index in [-0.39, 0.29) is 5.91 Å². The van der Waals surface area contributed by atoms with Crippen molar-refractivity contribution in [2.45, 2.75) is 19.0 Å². The molecule has 1 N–H and O–H groups in total. The number of hydrogen-bond donors (Lipinski definition) is 1. The van der Waals surface area contributed by atoms with E-state index in [9.17, 15) is 4.79 Å². The molecule has 2 rings (SSSR count). The van der Waals surface area contributed by atoms with Crippen LogP contribution in [0.5, 0.6) is 0 Å². The lowest BCUT2D eigenvalue weighted by molar-refractivity contribution is -0.118. The number of rotatable bonds is 6. The smallest absolute Gasteiger partial charge is 0.230 e. The Kier molecular flexibility index (Phi) is 5.38. The molecule has 0 atom stereocenters. The summed E-state index contributed by atoms with van der Waals surface area (Å²) in [4.78, 5) is 11.7. The van der Waals surface area contributed by atoms with Crippen molar-refractivity contribution in [1.82, 2.24) is 20.1 Å². The Hall–Kier alpha value is -1.82. The van der Waals surface area contributed by atoms with Crippen molar-refractivity contribution in [2.75, 3.05) is 12.3 Å². The van der Waals surface area contributed by atoms with Crippen LogP contribution in [0.4, 0.5) is 0 Å². The molecule has 0 unspecified atom stereocenters. The van der Waals surface area contributed by atoms with E-state index in [0.717, 1.165) is 16.5 Å². The highest BCUT2D eigenvalue weighted by atomic mass is 32.2. The summed E-state index contributed by atoms with van der Waals surface area (Å²) in [6.45, 7) is 4.85. The van der Waals surface area contributed by atoms with Gasteiger partial charge in [0.1, 0.15) is 0 Å². The van der Waals surface area contributed by atoms with Crippen LogP contribution in [0.3, 0.4) is 0 Å². The van der Waals surface area contributed by atoms with Gasteiger partial charge < -0.3 is 9.88 Å². The van der Waals surface area contributed by atoms with Gasteiger partial charge in [0.05, 0.1) is 5.75 Å². The lowest BCUT2D eigenvalue weighted by atomic mass is 10.2. The van der Waals surface area contributed by atoms with Gasteiger partial charge in [0, 0.05) is 19.2 Å². The fraction of sp³-hybridized carbons (Fsp3) is 0.400. The molecule has 112 valence electrons. The van der Waals surface area contributed by atoms with Gasteiger partial charge in [0.2, 0.25) is 5.91 Å². The maximum atomic E-state index is 11.7. The van der Waals surface area contributed by atoms with E-state index in [1.165, 1.54) is 11.8 Å². The normalized spacial score (nSPS) is 10.9. The second-order valence-electron chi connectivity index (χ2n) is 5.22. The summed E-state index contributed by atoms with van der Waals surface area (Å²) in [6.07, 6.45) is 0. The monoisotopic (exact) mass is 304 g/mol. The van der Waals surface area contributed by atoms with E-state index < -0.39 is 0 Å². The van der Waals surface area contributed by atoms with E-state index in [1.807, 2.05) is 41.9 Å². The van der Waals surface area contributed by atoms with Crippen molar-refractivity contribution in [1.29, 1.82) is 0 Å². The number of carbonyl (C=O) groups excluding carboxylic acids is 1. The molecular formula is C15H20N4OS. The van der Waals surface area contributed by atoms with Crippen molar-refractivity contribution < 1.29 is 4.79 Å². The van der Waals surface area contributed by atoms with Crippen molar-refractivity contribution in [3.8, 4) is 11.4 Å². The van der Waals surface area contributed by atoms with E-state index in [1.54, 1.807) is 0 Å². The van der Waals surface area contributed by atoms with Crippen molar-refractivity contribution in [3.05, 3.63) is 30.3 Å². The average molecular weight is 304 g/mol. The largest absolute Gasteiger partial charge is 0.355 e.